The number of Topliss-reactive ketones (excluding diaryl/α,β-unsaturated/α-hetero) is 1. The van der Waals surface area contributed by atoms with Crippen molar-refractivity contribution in [2.45, 2.75) is 43.4 Å². The first kappa shape index (κ1) is 21.9. The van der Waals surface area contributed by atoms with E-state index in [-0.39, 0.29) is 17.8 Å². The highest BCUT2D eigenvalue weighted by Crippen LogP contribution is 2.48. The summed E-state index contributed by atoms with van der Waals surface area (Å²) in [6.07, 6.45) is -1.59. The molecule has 3 atom stereocenters. The number of anilines is 1. The van der Waals surface area contributed by atoms with Crippen molar-refractivity contribution in [3.63, 3.8) is 0 Å². The topological polar surface area (TPSA) is 105 Å². The Labute approximate surface area is 185 Å². The average Bonchev–Trinajstić information content (AvgIpc) is 2.67. The highest BCUT2D eigenvalue weighted by atomic mass is 35.5. The predicted octanol–water partition coefficient (Wildman–Crippen LogP) is 1.84. The Morgan fingerprint density at radius 3 is 2.39 bits per heavy atom. The van der Waals surface area contributed by atoms with Gasteiger partial charge in [-0.25, -0.2) is 13.6 Å². The van der Waals surface area contributed by atoms with Crippen LogP contribution in [0.4, 0.5) is 19.3 Å². The summed E-state index contributed by atoms with van der Waals surface area (Å²) < 4.78 is 35.9. The molecule has 31 heavy (non-hydrogen) atoms. The summed E-state index contributed by atoms with van der Waals surface area (Å²) in [5.74, 6) is -5.59. The maximum absolute atomic E-state index is 15.3. The zero-order chi connectivity index (χ0) is 22.8. The standard InChI is InChI=1S/C19H17Cl2F2N3O5/c1-6-5-26-12-8(3-9(10(22)11(12)23)13(27)15(20)21)4-19(14(26)7(2)31-6)16(28)24-18(30)25-17(19)29/h3,6-7,14-15H,4-5H2,1-2H3,(H2,24,25,28,29,30)/t6-,7+,14-/m1/s1. The molecule has 0 saturated carbocycles. The minimum atomic E-state index is -1.88. The molecule has 1 aromatic carbocycles. The van der Waals surface area contributed by atoms with Gasteiger partial charge in [-0.15, -0.1) is 0 Å². The number of urea groups is 1. The van der Waals surface area contributed by atoms with Crippen molar-refractivity contribution in [1.82, 2.24) is 10.6 Å². The molecule has 3 heterocycles. The largest absolute Gasteiger partial charge is 0.372 e. The van der Waals surface area contributed by atoms with Crippen LogP contribution in [0.25, 0.3) is 0 Å². The molecule has 8 nitrogen and oxygen atoms in total. The number of hydrogen-bond acceptors (Lipinski definition) is 6. The number of carbonyl (C=O) groups is 4. The molecule has 12 heteroatoms. The summed E-state index contributed by atoms with van der Waals surface area (Å²) in [7, 11) is 0. The monoisotopic (exact) mass is 475 g/mol. The first-order chi connectivity index (χ1) is 14.5. The number of rotatable bonds is 2. The fraction of sp³-hybridized carbons (Fsp3) is 0.474. The molecule has 0 bridgehead atoms. The van der Waals surface area contributed by atoms with E-state index in [1.165, 1.54) is 4.90 Å². The maximum atomic E-state index is 15.3. The van der Waals surface area contributed by atoms with Gasteiger partial charge in [-0.1, -0.05) is 23.2 Å². The molecule has 1 aromatic rings. The smallest absolute Gasteiger partial charge is 0.328 e. The summed E-state index contributed by atoms with van der Waals surface area (Å²) in [5, 5.41) is 4.16. The summed E-state index contributed by atoms with van der Waals surface area (Å²) in [5.41, 5.74) is -2.72. The van der Waals surface area contributed by atoms with Gasteiger partial charge in [-0.3, -0.25) is 25.0 Å². The zero-order valence-corrected chi connectivity index (χ0v) is 17.8. The molecule has 0 aromatic heterocycles. The fourth-order valence-electron chi connectivity index (χ4n) is 4.83. The summed E-state index contributed by atoms with van der Waals surface area (Å²) >= 11 is 11.1. The van der Waals surface area contributed by atoms with Crippen LogP contribution in [0.2, 0.25) is 0 Å². The highest BCUT2D eigenvalue weighted by Gasteiger charge is 2.63. The number of amides is 4. The summed E-state index contributed by atoms with van der Waals surface area (Å²) in [6.45, 7) is 3.35. The van der Waals surface area contributed by atoms with Gasteiger partial charge in [0.25, 0.3) is 0 Å². The SMILES string of the molecule is C[C@@H]1CN2c3c(cc(C(=O)C(Cl)Cl)c(F)c3F)CC3(C(=O)NC(=O)NC3=O)[C@H]2[C@H](C)O1. The van der Waals surface area contributed by atoms with Gasteiger partial charge in [0.1, 0.15) is 0 Å². The van der Waals surface area contributed by atoms with E-state index in [9.17, 15) is 23.6 Å². The Morgan fingerprint density at radius 1 is 1.19 bits per heavy atom. The number of halogens is 4. The fourth-order valence-corrected chi connectivity index (χ4v) is 5.07. The van der Waals surface area contributed by atoms with Crippen LogP contribution in [0.3, 0.4) is 0 Å². The van der Waals surface area contributed by atoms with E-state index >= 15 is 4.39 Å². The van der Waals surface area contributed by atoms with Crippen molar-refractivity contribution >= 4 is 52.5 Å². The van der Waals surface area contributed by atoms with Gasteiger partial charge in [-0.2, -0.15) is 0 Å². The lowest BCUT2D eigenvalue weighted by Crippen LogP contribution is -2.75. The number of imide groups is 2. The van der Waals surface area contributed by atoms with Gasteiger partial charge < -0.3 is 9.64 Å². The number of nitrogens with zero attached hydrogens (tertiary/aromatic N) is 1. The lowest BCUT2D eigenvalue weighted by atomic mass is 9.66. The molecule has 0 aliphatic carbocycles. The Bertz CT molecular complexity index is 1010. The minimum Gasteiger partial charge on any atom is -0.372 e. The van der Waals surface area contributed by atoms with E-state index in [1.54, 1.807) is 13.8 Å². The van der Waals surface area contributed by atoms with Gasteiger partial charge >= 0.3 is 6.03 Å². The second kappa shape index (κ2) is 7.39. The minimum absolute atomic E-state index is 0.0356. The van der Waals surface area contributed by atoms with E-state index in [4.69, 9.17) is 27.9 Å². The van der Waals surface area contributed by atoms with Crippen LogP contribution in [0.5, 0.6) is 0 Å². The third-order valence-electron chi connectivity index (χ3n) is 5.93. The molecule has 2 fully saturated rings. The Hall–Kier alpha value is -2.30. The van der Waals surface area contributed by atoms with E-state index in [2.05, 4.69) is 10.6 Å². The van der Waals surface area contributed by atoms with Crippen LogP contribution in [-0.2, 0) is 20.7 Å². The van der Waals surface area contributed by atoms with Gasteiger partial charge in [0.2, 0.25) is 11.8 Å². The second-order valence-electron chi connectivity index (χ2n) is 7.86. The Morgan fingerprint density at radius 2 is 1.81 bits per heavy atom. The first-order valence-corrected chi connectivity index (χ1v) is 10.3. The normalized spacial score (nSPS) is 27.0. The molecule has 3 aliphatic rings. The van der Waals surface area contributed by atoms with Crippen LogP contribution in [0.15, 0.2) is 6.07 Å². The molecule has 2 N–H and O–H groups in total. The number of barbiturate groups is 1. The van der Waals surface area contributed by atoms with Crippen molar-refractivity contribution in [1.29, 1.82) is 0 Å². The number of fused-ring (bicyclic) bond motifs is 4. The van der Waals surface area contributed by atoms with Crippen molar-refractivity contribution in [2.24, 2.45) is 5.41 Å². The molecule has 4 amide bonds. The predicted molar refractivity (Wildman–Crippen MR) is 105 cm³/mol. The van der Waals surface area contributed by atoms with Crippen molar-refractivity contribution < 1.29 is 32.7 Å². The Balaban J connectivity index is 1.97. The van der Waals surface area contributed by atoms with Crippen LogP contribution < -0.4 is 15.5 Å². The molecular formula is C19H17Cl2F2N3O5. The van der Waals surface area contributed by atoms with Gasteiger partial charge in [0.05, 0.1) is 29.5 Å². The number of ketones is 1. The number of carbonyl (C=O) groups excluding carboxylic acids is 4. The summed E-state index contributed by atoms with van der Waals surface area (Å²) in [6, 6.07) is -0.967. The zero-order valence-electron chi connectivity index (χ0n) is 16.3. The molecule has 0 radical (unpaired) electrons. The van der Waals surface area contributed by atoms with Gasteiger partial charge in [0, 0.05) is 13.0 Å². The molecular weight excluding hydrogens is 459 g/mol. The van der Waals surface area contributed by atoms with Crippen LogP contribution in [0.1, 0.15) is 29.8 Å². The quantitative estimate of drug-likeness (QED) is 0.384. The number of hydrogen-bond donors (Lipinski definition) is 2. The van der Waals surface area contributed by atoms with E-state index in [0.29, 0.717) is 0 Å². The highest BCUT2D eigenvalue weighted by molar-refractivity contribution is 6.55. The Kier molecular flexibility index (Phi) is 5.22. The average molecular weight is 476 g/mol. The van der Waals surface area contributed by atoms with Gasteiger partial charge in [0.15, 0.2) is 27.7 Å². The maximum Gasteiger partial charge on any atom is 0.328 e. The van der Waals surface area contributed by atoms with Crippen molar-refractivity contribution in [2.75, 3.05) is 11.4 Å². The van der Waals surface area contributed by atoms with Crippen LogP contribution in [-0.4, -0.2) is 53.3 Å². The molecule has 3 aliphatic heterocycles. The second-order valence-corrected chi connectivity index (χ2v) is 8.96. The number of ether oxygens (including phenoxy) is 1. The number of morpholine rings is 1. The van der Waals surface area contributed by atoms with E-state index in [1.807, 2.05) is 0 Å². The van der Waals surface area contributed by atoms with E-state index in [0.717, 1.165) is 6.07 Å². The summed E-state index contributed by atoms with van der Waals surface area (Å²) in [4.78, 5) is 49.7. The third-order valence-corrected chi connectivity index (χ3v) is 6.33. The van der Waals surface area contributed by atoms with Crippen molar-refractivity contribution in [3.05, 3.63) is 28.8 Å². The number of benzene rings is 1. The van der Waals surface area contributed by atoms with Gasteiger partial charge in [-0.05, 0) is 25.5 Å². The molecule has 0 unspecified atom stereocenters. The van der Waals surface area contributed by atoms with Crippen LogP contribution >= 0.6 is 23.2 Å². The van der Waals surface area contributed by atoms with E-state index < -0.39 is 75.7 Å². The third kappa shape index (κ3) is 3.11. The molecule has 4 rings (SSSR count). The van der Waals surface area contributed by atoms with Crippen molar-refractivity contribution in [3.8, 4) is 0 Å². The molecule has 1 spiro atoms. The molecule has 2 saturated heterocycles. The van der Waals surface area contributed by atoms with Crippen LogP contribution in [0, 0.1) is 17.0 Å². The number of alkyl halides is 2. The molecule has 166 valence electrons. The lowest BCUT2D eigenvalue weighted by molar-refractivity contribution is -0.153. The first-order valence-electron chi connectivity index (χ1n) is 9.41. The lowest BCUT2D eigenvalue weighted by Gasteiger charge is -2.55. The number of nitrogens with one attached hydrogen (secondary N) is 2.